The molecule has 1 unspecified atom stereocenters. The number of esters is 2. The van der Waals surface area contributed by atoms with Crippen LogP contribution in [0.4, 0.5) is 13.2 Å². The van der Waals surface area contributed by atoms with Crippen molar-refractivity contribution in [2.45, 2.75) is 57.5 Å². The molecule has 2 saturated heterocycles. The topological polar surface area (TPSA) is 65.1 Å². The van der Waals surface area contributed by atoms with Crippen LogP contribution in [0.3, 0.4) is 0 Å². The van der Waals surface area contributed by atoms with Crippen molar-refractivity contribution in [3.8, 4) is 5.75 Å². The minimum Gasteiger partial charge on any atom is -0.494 e. The van der Waals surface area contributed by atoms with E-state index >= 15 is 0 Å². The van der Waals surface area contributed by atoms with E-state index in [2.05, 4.69) is 6.92 Å². The zero-order valence-corrected chi connectivity index (χ0v) is 16.9. The third-order valence-electron chi connectivity index (χ3n) is 5.51. The third kappa shape index (κ3) is 5.24. The molecule has 2 fully saturated rings. The Hall–Kier alpha value is -2.29. The van der Waals surface area contributed by atoms with Crippen molar-refractivity contribution < 1.29 is 37.0 Å². The first-order chi connectivity index (χ1) is 14.2. The van der Waals surface area contributed by atoms with Crippen LogP contribution >= 0.6 is 0 Å². The van der Waals surface area contributed by atoms with Gasteiger partial charge in [-0.2, -0.15) is 13.2 Å². The molecule has 9 heteroatoms. The molecule has 0 radical (unpaired) electrons. The molecule has 0 amide bonds. The highest BCUT2D eigenvalue weighted by Gasteiger charge is 2.55. The van der Waals surface area contributed by atoms with Gasteiger partial charge in [0.25, 0.3) is 0 Å². The largest absolute Gasteiger partial charge is 0.494 e. The summed E-state index contributed by atoms with van der Waals surface area (Å²) in [5, 5.41) is 0. The molecule has 3 rings (SSSR count). The summed E-state index contributed by atoms with van der Waals surface area (Å²) < 4.78 is 54.2. The fraction of sp³-hybridized carbons (Fsp3) is 0.619. The SMILES string of the molecule is CCCCCN1CCC(CCOc2ccc(C(F)(F)F)cc2)CC12OC(=O)C(=O)O2. The fourth-order valence-corrected chi connectivity index (χ4v) is 3.88. The van der Waals surface area contributed by atoms with Crippen molar-refractivity contribution in [2.24, 2.45) is 5.92 Å². The molecular formula is C21H26F3NO5. The quantitative estimate of drug-likeness (QED) is 0.352. The van der Waals surface area contributed by atoms with E-state index in [4.69, 9.17) is 14.2 Å². The van der Waals surface area contributed by atoms with E-state index in [0.29, 0.717) is 38.3 Å². The first kappa shape index (κ1) is 22.4. The number of alkyl halides is 3. The Morgan fingerprint density at radius 1 is 1.13 bits per heavy atom. The second kappa shape index (κ2) is 9.24. The summed E-state index contributed by atoms with van der Waals surface area (Å²) in [6.45, 7) is 3.68. The molecular weight excluding hydrogens is 403 g/mol. The number of benzene rings is 1. The Labute approximate surface area is 173 Å². The van der Waals surface area contributed by atoms with Gasteiger partial charge in [-0.25, -0.2) is 14.5 Å². The molecule has 1 aromatic carbocycles. The molecule has 2 aliphatic heterocycles. The van der Waals surface area contributed by atoms with Crippen LogP contribution in [0, 0.1) is 5.92 Å². The Morgan fingerprint density at radius 2 is 1.80 bits per heavy atom. The number of likely N-dealkylation sites (tertiary alicyclic amines) is 1. The number of hydrogen-bond acceptors (Lipinski definition) is 6. The first-order valence-corrected chi connectivity index (χ1v) is 10.2. The minimum absolute atomic E-state index is 0.0839. The van der Waals surface area contributed by atoms with Gasteiger partial charge in [0.05, 0.1) is 12.2 Å². The van der Waals surface area contributed by atoms with Crippen molar-refractivity contribution in [3.05, 3.63) is 29.8 Å². The fourth-order valence-electron chi connectivity index (χ4n) is 3.88. The van der Waals surface area contributed by atoms with Crippen LogP contribution in [-0.2, 0) is 25.2 Å². The van der Waals surface area contributed by atoms with Crippen LogP contribution in [0.15, 0.2) is 24.3 Å². The lowest BCUT2D eigenvalue weighted by atomic mass is 9.90. The summed E-state index contributed by atoms with van der Waals surface area (Å²) in [7, 11) is 0. The normalized spacial score (nSPS) is 21.5. The zero-order valence-electron chi connectivity index (χ0n) is 16.9. The molecule has 0 aromatic heterocycles. The van der Waals surface area contributed by atoms with Crippen molar-refractivity contribution >= 4 is 11.9 Å². The number of piperidine rings is 1. The third-order valence-corrected chi connectivity index (χ3v) is 5.51. The molecule has 30 heavy (non-hydrogen) atoms. The number of carbonyl (C=O) groups excluding carboxylic acids is 2. The maximum Gasteiger partial charge on any atom is 0.421 e. The standard InChI is InChI=1S/C21H26F3NO5/c1-2-3-4-11-25-12-9-15(14-20(25)29-18(26)19(27)30-20)10-13-28-17-7-5-16(6-8-17)21(22,23)24/h5-8,15H,2-4,9-14H2,1H3. The molecule has 0 bridgehead atoms. The second-order valence-corrected chi connectivity index (χ2v) is 7.70. The molecule has 1 spiro atoms. The average Bonchev–Trinajstić information content (AvgIpc) is 2.97. The predicted molar refractivity (Wildman–Crippen MR) is 100 cm³/mol. The Kier molecular flexibility index (Phi) is 6.90. The lowest BCUT2D eigenvalue weighted by Gasteiger charge is -2.43. The highest BCUT2D eigenvalue weighted by Crippen LogP contribution is 2.39. The minimum atomic E-state index is -4.38. The van der Waals surface area contributed by atoms with E-state index in [1.165, 1.54) is 12.1 Å². The van der Waals surface area contributed by atoms with E-state index in [-0.39, 0.29) is 5.92 Å². The first-order valence-electron chi connectivity index (χ1n) is 10.2. The summed E-state index contributed by atoms with van der Waals surface area (Å²) in [6.07, 6.45) is 0.374. The number of unbranched alkanes of at least 4 members (excludes halogenated alkanes) is 2. The Bertz CT molecular complexity index is 734. The Morgan fingerprint density at radius 3 is 2.40 bits per heavy atom. The van der Waals surface area contributed by atoms with Gasteiger partial charge in [0.1, 0.15) is 5.75 Å². The maximum absolute atomic E-state index is 12.6. The summed E-state index contributed by atoms with van der Waals surface area (Å²) in [5.41, 5.74) is -0.725. The van der Waals surface area contributed by atoms with E-state index in [0.717, 1.165) is 37.8 Å². The van der Waals surface area contributed by atoms with Crippen LogP contribution in [0.5, 0.6) is 5.75 Å². The summed E-state index contributed by atoms with van der Waals surface area (Å²) >= 11 is 0. The molecule has 6 nitrogen and oxygen atoms in total. The van der Waals surface area contributed by atoms with E-state index in [1.54, 1.807) is 0 Å². The van der Waals surface area contributed by atoms with Gasteiger partial charge in [-0.1, -0.05) is 19.8 Å². The van der Waals surface area contributed by atoms with Gasteiger partial charge in [-0.3, -0.25) is 0 Å². The molecule has 2 heterocycles. The van der Waals surface area contributed by atoms with Crippen LogP contribution in [0.2, 0.25) is 0 Å². The lowest BCUT2D eigenvalue weighted by Crippen LogP contribution is -2.55. The Balaban J connectivity index is 1.55. The molecule has 166 valence electrons. The average molecular weight is 429 g/mol. The number of nitrogens with zero attached hydrogens (tertiary/aromatic N) is 1. The number of ether oxygens (including phenoxy) is 3. The lowest BCUT2D eigenvalue weighted by molar-refractivity contribution is -0.272. The van der Waals surface area contributed by atoms with Gasteiger partial charge < -0.3 is 14.2 Å². The highest BCUT2D eigenvalue weighted by molar-refractivity contribution is 6.31. The predicted octanol–water partition coefficient (Wildman–Crippen LogP) is 4.13. The number of carbonyl (C=O) groups is 2. The number of halogens is 3. The van der Waals surface area contributed by atoms with E-state index in [1.807, 2.05) is 4.90 Å². The van der Waals surface area contributed by atoms with Crippen molar-refractivity contribution in [3.63, 3.8) is 0 Å². The van der Waals surface area contributed by atoms with Gasteiger partial charge in [0.2, 0.25) is 0 Å². The smallest absolute Gasteiger partial charge is 0.421 e. The molecule has 0 saturated carbocycles. The summed E-state index contributed by atoms with van der Waals surface area (Å²) in [5.74, 6) is -2.86. The van der Waals surface area contributed by atoms with Crippen LogP contribution < -0.4 is 4.74 Å². The summed E-state index contributed by atoms with van der Waals surface area (Å²) in [4.78, 5) is 25.3. The maximum atomic E-state index is 12.6. The number of hydrogen-bond donors (Lipinski definition) is 0. The van der Waals surface area contributed by atoms with Crippen LogP contribution in [-0.4, -0.2) is 42.4 Å². The highest BCUT2D eigenvalue weighted by atomic mass is 19.4. The molecule has 0 N–H and O–H groups in total. The monoisotopic (exact) mass is 429 g/mol. The van der Waals surface area contributed by atoms with Crippen LogP contribution in [0.1, 0.15) is 51.0 Å². The second-order valence-electron chi connectivity index (χ2n) is 7.70. The zero-order chi connectivity index (χ0) is 21.8. The van der Waals surface area contributed by atoms with Crippen molar-refractivity contribution in [1.82, 2.24) is 4.90 Å². The van der Waals surface area contributed by atoms with Gasteiger partial charge in [-0.05, 0) is 49.4 Å². The van der Waals surface area contributed by atoms with Gasteiger partial charge in [0, 0.05) is 19.5 Å². The van der Waals surface area contributed by atoms with Crippen LogP contribution in [0.25, 0.3) is 0 Å². The van der Waals surface area contributed by atoms with Crippen molar-refractivity contribution in [2.75, 3.05) is 19.7 Å². The molecule has 2 aliphatic rings. The molecule has 0 aliphatic carbocycles. The van der Waals surface area contributed by atoms with Crippen molar-refractivity contribution in [1.29, 1.82) is 0 Å². The number of rotatable bonds is 8. The molecule has 1 atom stereocenters. The van der Waals surface area contributed by atoms with E-state index < -0.39 is 29.6 Å². The van der Waals surface area contributed by atoms with Gasteiger partial charge in [0.15, 0.2) is 0 Å². The molecule has 1 aromatic rings. The summed E-state index contributed by atoms with van der Waals surface area (Å²) in [6, 6.07) is 4.55. The van der Waals surface area contributed by atoms with E-state index in [9.17, 15) is 22.8 Å². The van der Waals surface area contributed by atoms with Gasteiger partial charge >= 0.3 is 24.0 Å². The van der Waals surface area contributed by atoms with Gasteiger partial charge in [-0.15, -0.1) is 0 Å².